The van der Waals surface area contributed by atoms with Crippen LogP contribution in [0.5, 0.6) is 0 Å². The van der Waals surface area contributed by atoms with Gasteiger partial charge in [0, 0.05) is 19.2 Å². The summed E-state index contributed by atoms with van der Waals surface area (Å²) in [4.78, 5) is 32.2. The van der Waals surface area contributed by atoms with Gasteiger partial charge in [-0.3, -0.25) is 9.78 Å². The number of carboxylic acid groups (broad SMARTS) is 1. The molecule has 1 aromatic carbocycles. The number of amides is 1. The summed E-state index contributed by atoms with van der Waals surface area (Å²) in [6.45, 7) is 0.875. The molecule has 2 N–H and O–H groups in total. The number of carbonyl (C=O) groups is 2. The Morgan fingerprint density at radius 3 is 2.83 bits per heavy atom. The van der Waals surface area contributed by atoms with E-state index in [1.165, 1.54) is 0 Å². The minimum Gasteiger partial charge on any atom is -0.480 e. The highest BCUT2D eigenvalue weighted by Gasteiger charge is 2.28. The van der Waals surface area contributed by atoms with Crippen molar-refractivity contribution in [3.05, 3.63) is 36.2 Å². The van der Waals surface area contributed by atoms with Gasteiger partial charge in [0.1, 0.15) is 6.04 Å². The van der Waals surface area contributed by atoms with Gasteiger partial charge in [-0.15, -0.1) is 0 Å². The van der Waals surface area contributed by atoms with E-state index < -0.39 is 12.0 Å². The summed E-state index contributed by atoms with van der Waals surface area (Å²) in [5.41, 5.74) is 1.97. The van der Waals surface area contributed by atoms with Crippen molar-refractivity contribution >= 4 is 22.9 Å². The van der Waals surface area contributed by atoms with Crippen molar-refractivity contribution in [3.8, 4) is 0 Å². The van der Waals surface area contributed by atoms with Crippen LogP contribution in [-0.4, -0.2) is 46.2 Å². The molecule has 0 unspecified atom stereocenters. The van der Waals surface area contributed by atoms with Crippen LogP contribution < -0.4 is 5.32 Å². The van der Waals surface area contributed by atoms with Crippen molar-refractivity contribution < 1.29 is 19.4 Å². The monoisotopic (exact) mass is 315 g/mol. The Kier molecular flexibility index (Phi) is 4.47. The molecular weight excluding hydrogens is 298 g/mol. The lowest BCUT2D eigenvalue weighted by Gasteiger charge is -2.16. The molecule has 1 aromatic heterocycles. The summed E-state index contributed by atoms with van der Waals surface area (Å²) >= 11 is 0. The highest BCUT2D eigenvalue weighted by molar-refractivity contribution is 5.85. The molecule has 23 heavy (non-hydrogen) atoms. The van der Waals surface area contributed by atoms with Crippen LogP contribution in [0.2, 0.25) is 0 Å². The van der Waals surface area contributed by atoms with Gasteiger partial charge in [-0.1, -0.05) is 12.1 Å². The van der Waals surface area contributed by atoms with E-state index in [0.29, 0.717) is 30.8 Å². The highest BCUT2D eigenvalue weighted by atomic mass is 16.5. The van der Waals surface area contributed by atoms with Crippen LogP contribution >= 0.6 is 0 Å². The predicted molar refractivity (Wildman–Crippen MR) is 81.7 cm³/mol. The average molecular weight is 315 g/mol. The third kappa shape index (κ3) is 3.62. The number of benzene rings is 1. The first-order chi connectivity index (χ1) is 11.1. The van der Waals surface area contributed by atoms with Crippen molar-refractivity contribution in [3.63, 3.8) is 0 Å². The second-order valence-electron chi connectivity index (χ2n) is 5.51. The van der Waals surface area contributed by atoms with Gasteiger partial charge in [0.25, 0.3) is 0 Å². The van der Waals surface area contributed by atoms with E-state index in [1.54, 1.807) is 6.20 Å². The van der Waals surface area contributed by atoms with E-state index in [9.17, 15) is 14.7 Å². The van der Waals surface area contributed by atoms with E-state index in [-0.39, 0.29) is 18.2 Å². The first kappa shape index (κ1) is 15.4. The summed E-state index contributed by atoms with van der Waals surface area (Å²) in [6, 6.07) is 6.33. The first-order valence-corrected chi connectivity index (χ1v) is 7.45. The first-order valence-electron chi connectivity index (χ1n) is 7.45. The zero-order chi connectivity index (χ0) is 16.2. The standard InChI is InChI=1S/C16H17N3O4/c20-15(10-5-6-23-9-10)19-14(16(21)22)7-11-8-17-12-3-1-2-4-13(12)18-11/h1-4,8,10,14H,5-7,9H2,(H,19,20)(H,21,22)/t10-,14-/m0/s1. The predicted octanol–water partition coefficient (Wildman–Crippen LogP) is 0.778. The Hall–Kier alpha value is -2.54. The number of carboxylic acids is 1. The number of aliphatic carboxylic acids is 1. The van der Waals surface area contributed by atoms with Gasteiger partial charge in [0.2, 0.25) is 5.91 Å². The number of rotatable bonds is 5. The van der Waals surface area contributed by atoms with Gasteiger partial charge in [-0.05, 0) is 18.6 Å². The Morgan fingerprint density at radius 2 is 2.13 bits per heavy atom. The van der Waals surface area contributed by atoms with Gasteiger partial charge in [0.15, 0.2) is 0 Å². The Labute approximate surface area is 132 Å². The molecule has 1 aliphatic rings. The maximum atomic E-state index is 12.1. The molecule has 0 saturated carbocycles. The minimum atomic E-state index is -1.09. The van der Waals surface area contributed by atoms with Gasteiger partial charge in [-0.25, -0.2) is 9.78 Å². The number of carbonyl (C=O) groups excluding carboxylic acids is 1. The zero-order valence-electron chi connectivity index (χ0n) is 12.4. The van der Waals surface area contributed by atoms with Crippen LogP contribution in [0, 0.1) is 5.92 Å². The molecule has 1 aliphatic heterocycles. The second-order valence-corrected chi connectivity index (χ2v) is 5.51. The van der Waals surface area contributed by atoms with Gasteiger partial charge in [-0.2, -0.15) is 0 Å². The fourth-order valence-corrected chi connectivity index (χ4v) is 2.53. The van der Waals surface area contributed by atoms with Gasteiger partial charge < -0.3 is 15.2 Å². The molecular formula is C16H17N3O4. The molecule has 7 heteroatoms. The van der Waals surface area contributed by atoms with Gasteiger partial charge in [0.05, 0.1) is 29.3 Å². The Bertz CT molecular complexity index is 728. The zero-order valence-corrected chi connectivity index (χ0v) is 12.4. The summed E-state index contributed by atoms with van der Waals surface area (Å²) in [6.07, 6.45) is 2.25. The number of para-hydroxylation sites is 2. The number of nitrogens with zero attached hydrogens (tertiary/aromatic N) is 2. The third-order valence-electron chi connectivity index (χ3n) is 3.83. The topological polar surface area (TPSA) is 101 Å². The van der Waals surface area contributed by atoms with E-state index in [2.05, 4.69) is 15.3 Å². The number of aromatic nitrogens is 2. The van der Waals surface area contributed by atoms with Crippen LogP contribution in [0.25, 0.3) is 11.0 Å². The maximum absolute atomic E-state index is 12.1. The molecule has 2 atom stereocenters. The fourth-order valence-electron chi connectivity index (χ4n) is 2.53. The van der Waals surface area contributed by atoms with E-state index >= 15 is 0 Å². The number of ether oxygens (including phenoxy) is 1. The lowest BCUT2D eigenvalue weighted by atomic mass is 10.1. The van der Waals surface area contributed by atoms with Crippen molar-refractivity contribution in [2.24, 2.45) is 5.92 Å². The van der Waals surface area contributed by atoms with Crippen molar-refractivity contribution in [1.82, 2.24) is 15.3 Å². The normalized spacial score (nSPS) is 18.7. The Morgan fingerprint density at radius 1 is 1.35 bits per heavy atom. The SMILES string of the molecule is O=C(N[C@@H](Cc1cnc2ccccc2n1)C(=O)O)[C@H]1CCOC1. The van der Waals surface area contributed by atoms with Crippen LogP contribution in [0.3, 0.4) is 0 Å². The molecule has 1 fully saturated rings. The molecule has 0 radical (unpaired) electrons. The number of hydrogen-bond donors (Lipinski definition) is 2. The molecule has 1 saturated heterocycles. The van der Waals surface area contributed by atoms with Crippen LogP contribution in [0.4, 0.5) is 0 Å². The number of hydrogen-bond acceptors (Lipinski definition) is 5. The number of nitrogens with one attached hydrogen (secondary N) is 1. The Balaban J connectivity index is 1.72. The second kappa shape index (κ2) is 6.70. The summed E-state index contributed by atoms with van der Waals surface area (Å²) in [7, 11) is 0. The lowest BCUT2D eigenvalue weighted by molar-refractivity contribution is -0.142. The smallest absolute Gasteiger partial charge is 0.326 e. The average Bonchev–Trinajstić information content (AvgIpc) is 3.08. The van der Waals surface area contributed by atoms with Crippen LogP contribution in [0.15, 0.2) is 30.5 Å². The molecule has 2 heterocycles. The van der Waals surface area contributed by atoms with Crippen molar-refractivity contribution in [2.45, 2.75) is 18.9 Å². The molecule has 0 spiro atoms. The summed E-state index contributed by atoms with van der Waals surface area (Å²) in [5, 5.41) is 11.9. The molecule has 0 bridgehead atoms. The van der Waals surface area contributed by atoms with Gasteiger partial charge >= 0.3 is 5.97 Å². The molecule has 7 nitrogen and oxygen atoms in total. The summed E-state index contributed by atoms with van der Waals surface area (Å²) < 4.78 is 5.16. The largest absolute Gasteiger partial charge is 0.480 e. The molecule has 2 aromatic rings. The minimum absolute atomic E-state index is 0.0898. The van der Waals surface area contributed by atoms with E-state index in [1.807, 2.05) is 24.3 Å². The summed E-state index contributed by atoms with van der Waals surface area (Å²) in [5.74, 6) is -1.66. The highest BCUT2D eigenvalue weighted by Crippen LogP contribution is 2.14. The molecule has 1 amide bonds. The van der Waals surface area contributed by atoms with E-state index in [0.717, 1.165) is 5.52 Å². The van der Waals surface area contributed by atoms with Crippen LogP contribution in [0.1, 0.15) is 12.1 Å². The fraction of sp³-hybridized carbons (Fsp3) is 0.375. The molecule has 0 aliphatic carbocycles. The van der Waals surface area contributed by atoms with Crippen molar-refractivity contribution in [1.29, 1.82) is 0 Å². The van der Waals surface area contributed by atoms with Crippen LogP contribution in [-0.2, 0) is 20.7 Å². The molecule has 120 valence electrons. The van der Waals surface area contributed by atoms with Crippen molar-refractivity contribution in [2.75, 3.05) is 13.2 Å². The van der Waals surface area contributed by atoms with E-state index in [4.69, 9.17) is 4.74 Å². The lowest BCUT2D eigenvalue weighted by Crippen LogP contribution is -2.45. The number of fused-ring (bicyclic) bond motifs is 1. The molecule has 3 rings (SSSR count). The maximum Gasteiger partial charge on any atom is 0.326 e. The third-order valence-corrected chi connectivity index (χ3v) is 3.83. The quantitative estimate of drug-likeness (QED) is 0.845.